The quantitative estimate of drug-likeness (QED) is 0.627. The molecular weight excluding hydrogens is 386 g/mol. The molecule has 154 valence electrons. The number of rotatable bonds is 6. The van der Waals surface area contributed by atoms with Crippen molar-refractivity contribution in [2.24, 2.45) is 0 Å². The lowest BCUT2D eigenvalue weighted by molar-refractivity contribution is -0.121. The minimum Gasteiger partial charge on any atom is -0.352 e. The Labute approximate surface area is 173 Å². The molecule has 1 saturated carbocycles. The Morgan fingerprint density at radius 3 is 2.76 bits per heavy atom. The molecule has 8 heteroatoms. The van der Waals surface area contributed by atoms with Crippen molar-refractivity contribution in [1.82, 2.24) is 24.5 Å². The molecule has 1 fully saturated rings. The molecule has 2 aromatic heterocycles. The van der Waals surface area contributed by atoms with Crippen LogP contribution in [-0.2, 0) is 11.3 Å². The average Bonchev–Trinajstić information content (AvgIpc) is 3.15. The van der Waals surface area contributed by atoms with Gasteiger partial charge in [0.2, 0.25) is 11.7 Å². The molecule has 1 atom stereocenters. The van der Waals surface area contributed by atoms with Crippen molar-refractivity contribution in [1.29, 1.82) is 0 Å². The third kappa shape index (κ3) is 3.90. The predicted octanol–water partition coefficient (Wildman–Crippen LogP) is 3.38. The third-order valence-corrected chi connectivity index (χ3v) is 6.57. The maximum Gasteiger partial charge on any atom is 0.262 e. The van der Waals surface area contributed by atoms with Crippen LogP contribution in [0.3, 0.4) is 0 Å². The number of aromatic nitrogens is 4. The number of amides is 1. The summed E-state index contributed by atoms with van der Waals surface area (Å²) in [7, 11) is 0. The number of nitrogens with one attached hydrogen (secondary N) is 1. The predicted molar refractivity (Wildman–Crippen MR) is 115 cm³/mol. The smallest absolute Gasteiger partial charge is 0.262 e. The maximum absolute atomic E-state index is 12.9. The fourth-order valence-electron chi connectivity index (χ4n) is 4.01. The first-order valence-corrected chi connectivity index (χ1v) is 11.3. The molecule has 0 radical (unpaired) electrons. The Morgan fingerprint density at radius 1 is 1.24 bits per heavy atom. The lowest BCUT2D eigenvalue weighted by Gasteiger charge is -2.24. The largest absolute Gasteiger partial charge is 0.352 e. The van der Waals surface area contributed by atoms with Crippen molar-refractivity contribution in [2.45, 2.75) is 75.4 Å². The summed E-state index contributed by atoms with van der Waals surface area (Å²) >= 11 is 1.39. The molecule has 0 spiro atoms. The highest BCUT2D eigenvalue weighted by Gasteiger charge is 2.23. The van der Waals surface area contributed by atoms with Crippen LogP contribution in [-0.4, -0.2) is 36.4 Å². The van der Waals surface area contributed by atoms with E-state index < -0.39 is 0 Å². The van der Waals surface area contributed by atoms with E-state index in [2.05, 4.69) is 15.5 Å². The van der Waals surface area contributed by atoms with Crippen molar-refractivity contribution >= 4 is 34.3 Å². The first-order chi connectivity index (χ1) is 14.1. The Morgan fingerprint density at radius 2 is 2.00 bits per heavy atom. The third-order valence-electron chi connectivity index (χ3n) is 5.53. The Balaban J connectivity index is 1.67. The monoisotopic (exact) mass is 413 g/mol. The highest BCUT2D eigenvalue weighted by atomic mass is 32.2. The van der Waals surface area contributed by atoms with Crippen molar-refractivity contribution in [3.8, 4) is 0 Å². The van der Waals surface area contributed by atoms with E-state index in [0.717, 1.165) is 24.8 Å². The van der Waals surface area contributed by atoms with Gasteiger partial charge < -0.3 is 5.32 Å². The Bertz CT molecular complexity index is 1080. The molecule has 1 aromatic carbocycles. The van der Waals surface area contributed by atoms with Gasteiger partial charge in [-0.25, -0.2) is 0 Å². The van der Waals surface area contributed by atoms with Gasteiger partial charge in [-0.1, -0.05) is 50.1 Å². The zero-order valence-corrected chi connectivity index (χ0v) is 17.7. The highest BCUT2D eigenvalue weighted by Crippen LogP contribution is 2.26. The van der Waals surface area contributed by atoms with Crippen LogP contribution in [0.2, 0.25) is 0 Å². The molecule has 2 heterocycles. The molecular formula is C21H27N5O2S. The molecule has 0 bridgehead atoms. The molecule has 0 saturated heterocycles. The second kappa shape index (κ2) is 8.57. The van der Waals surface area contributed by atoms with E-state index in [4.69, 9.17) is 0 Å². The number of thioether (sulfide) groups is 1. The molecule has 29 heavy (non-hydrogen) atoms. The van der Waals surface area contributed by atoms with Crippen LogP contribution >= 0.6 is 11.8 Å². The van der Waals surface area contributed by atoms with Crippen LogP contribution in [0, 0.1) is 0 Å². The van der Waals surface area contributed by atoms with Gasteiger partial charge >= 0.3 is 0 Å². The number of fused-ring (bicyclic) bond motifs is 3. The van der Waals surface area contributed by atoms with Gasteiger partial charge in [-0.05, 0) is 38.3 Å². The van der Waals surface area contributed by atoms with Crippen LogP contribution < -0.4 is 10.9 Å². The number of benzene rings is 1. The summed E-state index contributed by atoms with van der Waals surface area (Å²) in [5, 5.41) is 12.8. The van der Waals surface area contributed by atoms with Crippen LogP contribution in [0.15, 0.2) is 34.2 Å². The summed E-state index contributed by atoms with van der Waals surface area (Å²) < 4.78 is 3.58. The second-order valence-electron chi connectivity index (χ2n) is 7.70. The number of para-hydroxylation sites is 1. The summed E-state index contributed by atoms with van der Waals surface area (Å²) in [5.74, 6) is 0.558. The van der Waals surface area contributed by atoms with Gasteiger partial charge in [0.1, 0.15) is 0 Å². The van der Waals surface area contributed by atoms with Crippen molar-refractivity contribution in [2.75, 3.05) is 0 Å². The molecule has 1 amide bonds. The van der Waals surface area contributed by atoms with E-state index in [1.54, 1.807) is 4.57 Å². The minimum absolute atomic E-state index is 0.0323. The first-order valence-electron chi connectivity index (χ1n) is 10.4. The summed E-state index contributed by atoms with van der Waals surface area (Å²) in [4.78, 5) is 25.6. The Hall–Kier alpha value is -2.35. The fourth-order valence-corrected chi connectivity index (χ4v) is 4.88. The highest BCUT2D eigenvalue weighted by molar-refractivity contribution is 8.00. The van der Waals surface area contributed by atoms with Gasteiger partial charge in [0, 0.05) is 12.6 Å². The number of aryl methyl sites for hydroxylation is 1. The number of hydrogen-bond donors (Lipinski definition) is 1. The van der Waals surface area contributed by atoms with Gasteiger partial charge in [-0.2, -0.15) is 0 Å². The van der Waals surface area contributed by atoms with E-state index in [-0.39, 0.29) is 22.8 Å². The van der Waals surface area contributed by atoms with Crippen molar-refractivity contribution in [3.63, 3.8) is 0 Å². The molecule has 1 aliphatic carbocycles. The Kier molecular flexibility index (Phi) is 5.89. The van der Waals surface area contributed by atoms with Crippen LogP contribution in [0.5, 0.6) is 0 Å². The summed E-state index contributed by atoms with van der Waals surface area (Å²) in [6, 6.07) is 7.78. The van der Waals surface area contributed by atoms with E-state index in [9.17, 15) is 9.59 Å². The average molecular weight is 414 g/mol. The zero-order chi connectivity index (χ0) is 20.4. The van der Waals surface area contributed by atoms with Gasteiger partial charge in [0.15, 0.2) is 5.16 Å². The van der Waals surface area contributed by atoms with Crippen LogP contribution in [0.25, 0.3) is 16.7 Å². The summed E-state index contributed by atoms with van der Waals surface area (Å²) in [6.07, 6.45) is 6.57. The van der Waals surface area contributed by atoms with Gasteiger partial charge in [0.25, 0.3) is 5.56 Å². The lowest BCUT2D eigenvalue weighted by Crippen LogP contribution is -2.40. The van der Waals surface area contributed by atoms with Gasteiger partial charge in [-0.15, -0.1) is 10.2 Å². The summed E-state index contributed by atoms with van der Waals surface area (Å²) in [5.41, 5.74) is 0.717. The molecule has 1 aliphatic rings. The summed E-state index contributed by atoms with van der Waals surface area (Å²) in [6.45, 7) is 4.50. The van der Waals surface area contributed by atoms with E-state index >= 15 is 0 Å². The van der Waals surface area contributed by atoms with Gasteiger partial charge in [0.05, 0.1) is 16.2 Å². The fraction of sp³-hybridized carbons (Fsp3) is 0.524. The topological polar surface area (TPSA) is 81.3 Å². The maximum atomic E-state index is 12.9. The number of nitrogens with zero attached hydrogens (tertiary/aromatic N) is 4. The molecule has 1 unspecified atom stereocenters. The molecule has 0 aliphatic heterocycles. The van der Waals surface area contributed by atoms with E-state index in [1.165, 1.54) is 31.0 Å². The number of carbonyl (C=O) groups excluding carboxylic acids is 1. The van der Waals surface area contributed by atoms with E-state index in [0.29, 0.717) is 22.9 Å². The zero-order valence-electron chi connectivity index (χ0n) is 16.9. The van der Waals surface area contributed by atoms with Crippen LogP contribution in [0.4, 0.5) is 0 Å². The van der Waals surface area contributed by atoms with E-state index in [1.807, 2.05) is 42.5 Å². The first kappa shape index (κ1) is 19.9. The van der Waals surface area contributed by atoms with Crippen molar-refractivity contribution < 1.29 is 4.79 Å². The molecule has 3 aromatic rings. The number of hydrogen-bond acceptors (Lipinski definition) is 5. The standard InChI is InChI=1S/C21H27N5O2S/c1-3-13-25-19(28)16-11-7-8-12-17(16)26-20(25)23-24-21(26)29-14(2)18(27)22-15-9-5-4-6-10-15/h7-8,11-12,14-15H,3-6,9-10,13H2,1-2H3,(H,22,27). The molecule has 4 rings (SSSR count). The lowest BCUT2D eigenvalue weighted by atomic mass is 9.95. The van der Waals surface area contributed by atoms with Crippen LogP contribution in [0.1, 0.15) is 52.4 Å². The normalized spacial score (nSPS) is 16.3. The van der Waals surface area contributed by atoms with Gasteiger partial charge in [-0.3, -0.25) is 18.6 Å². The van der Waals surface area contributed by atoms with Crippen molar-refractivity contribution in [3.05, 3.63) is 34.6 Å². The minimum atomic E-state index is -0.297. The molecule has 7 nitrogen and oxygen atoms in total. The second-order valence-corrected chi connectivity index (χ2v) is 9.00. The molecule has 1 N–H and O–H groups in total. The SMILES string of the molecule is CCCn1c(=O)c2ccccc2n2c(SC(C)C(=O)NC3CCCCC3)nnc12. The number of carbonyl (C=O) groups is 1.